The monoisotopic (exact) mass is 277 g/mol. The van der Waals surface area contributed by atoms with Crippen LogP contribution in [0.3, 0.4) is 0 Å². The van der Waals surface area contributed by atoms with Gasteiger partial charge >= 0.3 is 0 Å². The summed E-state index contributed by atoms with van der Waals surface area (Å²) in [5.41, 5.74) is 1.94. The summed E-state index contributed by atoms with van der Waals surface area (Å²) in [7, 11) is 0. The zero-order valence-electron chi connectivity index (χ0n) is 11.1. The molecule has 2 aromatic rings. The van der Waals surface area contributed by atoms with Crippen molar-refractivity contribution in [3.05, 3.63) is 35.0 Å². The lowest BCUT2D eigenvalue weighted by Crippen LogP contribution is -2.12. The van der Waals surface area contributed by atoms with Crippen LogP contribution in [-0.4, -0.2) is 21.2 Å². The van der Waals surface area contributed by atoms with E-state index in [2.05, 4.69) is 25.8 Å². The third-order valence-corrected chi connectivity index (χ3v) is 2.67. The van der Waals surface area contributed by atoms with Gasteiger partial charge in [0.05, 0.1) is 6.20 Å². The van der Waals surface area contributed by atoms with E-state index in [1.807, 2.05) is 39.0 Å². The van der Waals surface area contributed by atoms with Crippen molar-refractivity contribution in [2.75, 3.05) is 10.6 Å². The first-order valence-corrected chi connectivity index (χ1v) is 6.42. The standard InChI is InChI=1S/C13H16ClN5/c1-8(2)16-12-7-15-19-13(18-12)17-11-5-4-10(14)6-9(11)3/h4-8H,1-3H3,(H2,16,17,18,19). The van der Waals surface area contributed by atoms with Crippen molar-refractivity contribution in [3.63, 3.8) is 0 Å². The maximum atomic E-state index is 5.92. The zero-order valence-corrected chi connectivity index (χ0v) is 11.9. The lowest BCUT2D eigenvalue weighted by Gasteiger charge is -2.11. The Morgan fingerprint density at radius 2 is 2.05 bits per heavy atom. The van der Waals surface area contributed by atoms with Crippen LogP contribution in [0.4, 0.5) is 17.5 Å². The molecule has 100 valence electrons. The SMILES string of the molecule is Cc1cc(Cl)ccc1Nc1nncc(NC(C)C)n1. The molecule has 0 aliphatic heterocycles. The summed E-state index contributed by atoms with van der Waals surface area (Å²) < 4.78 is 0. The lowest BCUT2D eigenvalue weighted by atomic mass is 10.2. The molecule has 1 aromatic heterocycles. The van der Waals surface area contributed by atoms with Gasteiger partial charge in [0.25, 0.3) is 0 Å². The molecule has 5 nitrogen and oxygen atoms in total. The van der Waals surface area contributed by atoms with Gasteiger partial charge in [0.2, 0.25) is 5.95 Å². The second-order valence-electron chi connectivity index (χ2n) is 4.55. The molecule has 0 aliphatic rings. The molecule has 0 saturated carbocycles. The summed E-state index contributed by atoms with van der Waals surface area (Å²) in [6, 6.07) is 5.89. The van der Waals surface area contributed by atoms with Crippen molar-refractivity contribution < 1.29 is 0 Å². The predicted molar refractivity (Wildman–Crippen MR) is 78.1 cm³/mol. The number of aromatic nitrogens is 3. The minimum atomic E-state index is 0.293. The number of nitrogens with one attached hydrogen (secondary N) is 2. The number of nitrogens with zero attached hydrogens (tertiary/aromatic N) is 3. The fourth-order valence-electron chi connectivity index (χ4n) is 1.61. The summed E-state index contributed by atoms with van der Waals surface area (Å²) in [6.45, 7) is 6.05. The Morgan fingerprint density at radius 3 is 2.74 bits per heavy atom. The van der Waals surface area contributed by atoms with Crippen LogP contribution >= 0.6 is 11.6 Å². The summed E-state index contributed by atoms with van der Waals surface area (Å²) in [6.07, 6.45) is 1.60. The Hall–Kier alpha value is -1.88. The number of aryl methyl sites for hydroxylation is 1. The van der Waals surface area contributed by atoms with Crippen LogP contribution in [0.1, 0.15) is 19.4 Å². The van der Waals surface area contributed by atoms with Gasteiger partial charge in [-0.15, -0.1) is 5.10 Å². The highest BCUT2D eigenvalue weighted by Gasteiger charge is 2.04. The van der Waals surface area contributed by atoms with Crippen LogP contribution in [0.15, 0.2) is 24.4 Å². The van der Waals surface area contributed by atoms with Crippen molar-refractivity contribution in [2.45, 2.75) is 26.8 Å². The molecule has 0 atom stereocenters. The number of halogens is 1. The molecule has 0 aliphatic carbocycles. The smallest absolute Gasteiger partial charge is 0.249 e. The molecular formula is C13H16ClN5. The van der Waals surface area contributed by atoms with Crippen LogP contribution in [0.25, 0.3) is 0 Å². The van der Waals surface area contributed by atoms with E-state index >= 15 is 0 Å². The number of rotatable bonds is 4. The van der Waals surface area contributed by atoms with Crippen LogP contribution in [0.5, 0.6) is 0 Å². The first-order chi connectivity index (χ1) is 9.04. The lowest BCUT2D eigenvalue weighted by molar-refractivity contribution is 0.873. The minimum absolute atomic E-state index is 0.293. The van der Waals surface area contributed by atoms with Crippen molar-refractivity contribution in [1.82, 2.24) is 15.2 Å². The van der Waals surface area contributed by atoms with E-state index < -0.39 is 0 Å². The molecule has 0 spiro atoms. The Bertz CT molecular complexity index is 571. The van der Waals surface area contributed by atoms with Crippen molar-refractivity contribution >= 4 is 29.1 Å². The normalized spacial score (nSPS) is 10.6. The second kappa shape index (κ2) is 5.84. The summed E-state index contributed by atoms with van der Waals surface area (Å²) in [5.74, 6) is 1.15. The Morgan fingerprint density at radius 1 is 1.26 bits per heavy atom. The van der Waals surface area contributed by atoms with E-state index in [9.17, 15) is 0 Å². The van der Waals surface area contributed by atoms with E-state index in [4.69, 9.17) is 11.6 Å². The minimum Gasteiger partial charge on any atom is -0.366 e. The van der Waals surface area contributed by atoms with Gasteiger partial charge in [-0.25, -0.2) is 0 Å². The average molecular weight is 278 g/mol. The van der Waals surface area contributed by atoms with E-state index in [0.29, 0.717) is 22.8 Å². The molecule has 0 fully saturated rings. The van der Waals surface area contributed by atoms with Gasteiger partial charge < -0.3 is 10.6 Å². The molecule has 0 unspecified atom stereocenters. The second-order valence-corrected chi connectivity index (χ2v) is 4.98. The van der Waals surface area contributed by atoms with Gasteiger partial charge in [-0.2, -0.15) is 10.1 Å². The maximum absolute atomic E-state index is 5.92. The molecule has 2 N–H and O–H groups in total. The molecule has 6 heteroatoms. The molecule has 0 bridgehead atoms. The summed E-state index contributed by atoms with van der Waals surface area (Å²) in [5, 5.41) is 14.9. The number of hydrogen-bond donors (Lipinski definition) is 2. The Labute approximate surface area is 117 Å². The van der Waals surface area contributed by atoms with Gasteiger partial charge in [0.1, 0.15) is 0 Å². The third kappa shape index (κ3) is 3.79. The first kappa shape index (κ1) is 13.5. The van der Waals surface area contributed by atoms with Crippen molar-refractivity contribution in [3.8, 4) is 0 Å². The van der Waals surface area contributed by atoms with Crippen LogP contribution in [-0.2, 0) is 0 Å². The Kier molecular flexibility index (Phi) is 4.16. The van der Waals surface area contributed by atoms with Gasteiger partial charge in [-0.05, 0) is 44.5 Å². The van der Waals surface area contributed by atoms with E-state index in [1.54, 1.807) is 6.20 Å². The molecule has 0 saturated heterocycles. The Balaban J connectivity index is 2.18. The average Bonchev–Trinajstić information content (AvgIpc) is 2.32. The molecule has 2 rings (SSSR count). The molecular weight excluding hydrogens is 262 g/mol. The van der Waals surface area contributed by atoms with E-state index in [-0.39, 0.29) is 0 Å². The molecule has 1 aromatic carbocycles. The van der Waals surface area contributed by atoms with Gasteiger partial charge in [0, 0.05) is 16.8 Å². The highest BCUT2D eigenvalue weighted by molar-refractivity contribution is 6.30. The number of hydrogen-bond acceptors (Lipinski definition) is 5. The predicted octanol–water partition coefficient (Wildman–Crippen LogP) is 3.40. The molecule has 0 amide bonds. The van der Waals surface area contributed by atoms with Crippen LogP contribution < -0.4 is 10.6 Å². The van der Waals surface area contributed by atoms with E-state index in [1.165, 1.54) is 0 Å². The van der Waals surface area contributed by atoms with Crippen molar-refractivity contribution in [1.29, 1.82) is 0 Å². The largest absolute Gasteiger partial charge is 0.366 e. The summed E-state index contributed by atoms with van der Waals surface area (Å²) in [4.78, 5) is 4.34. The zero-order chi connectivity index (χ0) is 13.8. The fraction of sp³-hybridized carbons (Fsp3) is 0.308. The van der Waals surface area contributed by atoms with Crippen LogP contribution in [0, 0.1) is 6.92 Å². The molecule has 1 heterocycles. The molecule has 0 radical (unpaired) electrons. The highest BCUT2D eigenvalue weighted by Crippen LogP contribution is 2.22. The topological polar surface area (TPSA) is 62.7 Å². The highest BCUT2D eigenvalue weighted by atomic mass is 35.5. The number of anilines is 3. The third-order valence-electron chi connectivity index (χ3n) is 2.43. The van der Waals surface area contributed by atoms with Gasteiger partial charge in [0.15, 0.2) is 5.82 Å². The van der Waals surface area contributed by atoms with Gasteiger partial charge in [-0.1, -0.05) is 11.6 Å². The molecule has 19 heavy (non-hydrogen) atoms. The quantitative estimate of drug-likeness (QED) is 0.897. The van der Waals surface area contributed by atoms with E-state index in [0.717, 1.165) is 11.3 Å². The fourth-order valence-corrected chi connectivity index (χ4v) is 1.84. The van der Waals surface area contributed by atoms with Crippen LogP contribution in [0.2, 0.25) is 5.02 Å². The maximum Gasteiger partial charge on any atom is 0.249 e. The first-order valence-electron chi connectivity index (χ1n) is 6.04. The van der Waals surface area contributed by atoms with Gasteiger partial charge in [-0.3, -0.25) is 0 Å². The number of benzene rings is 1. The summed E-state index contributed by atoms with van der Waals surface area (Å²) >= 11 is 5.92. The van der Waals surface area contributed by atoms with Crippen molar-refractivity contribution in [2.24, 2.45) is 0 Å².